The summed E-state index contributed by atoms with van der Waals surface area (Å²) in [7, 11) is -4.21. The van der Waals surface area contributed by atoms with Crippen LogP contribution in [0.25, 0.3) is 22.5 Å². The lowest BCUT2D eigenvalue weighted by Crippen LogP contribution is -2.52. The first-order valence-corrected chi connectivity index (χ1v) is 13.3. The van der Waals surface area contributed by atoms with E-state index in [4.69, 9.17) is 0 Å². The topological polar surface area (TPSA) is 78.1 Å². The summed E-state index contributed by atoms with van der Waals surface area (Å²) in [6, 6.07) is 14.0. The second kappa shape index (κ2) is 8.12. The van der Waals surface area contributed by atoms with E-state index in [1.807, 2.05) is 24.3 Å². The van der Waals surface area contributed by atoms with Gasteiger partial charge < -0.3 is 0 Å². The molecule has 1 saturated heterocycles. The van der Waals surface area contributed by atoms with Crippen molar-refractivity contribution in [1.29, 1.82) is 0 Å². The average molecular weight is 521 g/mol. The molecule has 2 bridgehead atoms. The molecular formula is C25H24F4N4O2S. The molecule has 3 atom stereocenters. The molecule has 190 valence electrons. The Bertz CT molecular complexity index is 1420. The third-order valence-corrected chi connectivity index (χ3v) is 9.52. The zero-order valence-electron chi connectivity index (χ0n) is 19.1. The molecule has 3 unspecified atom stereocenters. The van der Waals surface area contributed by atoms with Crippen LogP contribution in [-0.2, 0) is 23.1 Å². The van der Waals surface area contributed by atoms with E-state index in [2.05, 4.69) is 14.9 Å². The molecule has 0 amide bonds. The quantitative estimate of drug-likeness (QED) is 0.501. The van der Waals surface area contributed by atoms with Gasteiger partial charge in [0.1, 0.15) is 12.4 Å². The number of benzene rings is 2. The lowest BCUT2D eigenvalue weighted by Gasteiger charge is -2.33. The van der Waals surface area contributed by atoms with E-state index in [0.717, 1.165) is 46.5 Å². The van der Waals surface area contributed by atoms with Gasteiger partial charge in [-0.3, -0.25) is 5.10 Å². The molecule has 1 aliphatic heterocycles. The highest BCUT2D eigenvalue weighted by atomic mass is 32.2. The first-order valence-electron chi connectivity index (χ1n) is 11.8. The second-order valence-electron chi connectivity index (χ2n) is 10.1. The van der Waals surface area contributed by atoms with E-state index < -0.39 is 28.5 Å². The standard InChI is InChI=1S/C25H24F4N4O2S/c26-21-7-3-15(4-8-21)22-12-23(31-30-22)17-2-1-16-10-19-5-6-20(11-18(16)9-17)24(19)13-33(14-25(27,28)29)36(34,35)32-24/h1-4,7-9,12,19-20,32H,5-6,10-11,13-14H2,(H,30,31). The molecule has 2 aromatic carbocycles. The third kappa shape index (κ3) is 4.03. The van der Waals surface area contributed by atoms with Crippen molar-refractivity contribution in [3.05, 3.63) is 65.5 Å². The third-order valence-electron chi connectivity index (χ3n) is 7.94. The molecular weight excluding hydrogens is 496 g/mol. The van der Waals surface area contributed by atoms with Crippen molar-refractivity contribution in [1.82, 2.24) is 19.2 Å². The van der Waals surface area contributed by atoms with Crippen molar-refractivity contribution in [3.8, 4) is 22.5 Å². The summed E-state index contributed by atoms with van der Waals surface area (Å²) in [6.07, 6.45) is -1.88. The van der Waals surface area contributed by atoms with E-state index in [1.165, 1.54) is 12.1 Å². The lowest BCUT2D eigenvalue weighted by atomic mass is 9.79. The van der Waals surface area contributed by atoms with Crippen molar-refractivity contribution in [2.45, 2.75) is 37.4 Å². The number of nitrogens with one attached hydrogen (secondary N) is 2. The minimum atomic E-state index is -4.60. The minimum Gasteiger partial charge on any atom is -0.277 e. The number of alkyl halides is 3. The van der Waals surface area contributed by atoms with E-state index in [9.17, 15) is 26.0 Å². The van der Waals surface area contributed by atoms with Gasteiger partial charge >= 0.3 is 6.18 Å². The van der Waals surface area contributed by atoms with Gasteiger partial charge in [0.05, 0.1) is 16.9 Å². The van der Waals surface area contributed by atoms with Gasteiger partial charge in [-0.2, -0.15) is 35.7 Å². The zero-order chi connectivity index (χ0) is 25.3. The highest BCUT2D eigenvalue weighted by Gasteiger charge is 2.60. The molecule has 3 aliphatic rings. The summed E-state index contributed by atoms with van der Waals surface area (Å²) in [5.41, 5.74) is 4.43. The molecule has 1 spiro atoms. The van der Waals surface area contributed by atoms with Gasteiger partial charge in [-0.1, -0.05) is 12.1 Å². The predicted octanol–water partition coefficient (Wildman–Crippen LogP) is 4.46. The lowest BCUT2D eigenvalue weighted by molar-refractivity contribution is -0.136. The Hall–Kier alpha value is -2.76. The molecule has 2 heterocycles. The molecule has 0 radical (unpaired) electrons. The first kappa shape index (κ1) is 23.6. The maximum absolute atomic E-state index is 13.3. The number of nitrogens with zero attached hydrogens (tertiary/aromatic N) is 2. The van der Waals surface area contributed by atoms with Gasteiger partial charge in [0, 0.05) is 12.1 Å². The SMILES string of the molecule is O=S1(=O)NC2(CN1CC(F)(F)F)C1CCC2Cc2cc(-c3cc(-c4ccc(F)cc4)[nH]n3)ccc2C1. The molecule has 2 N–H and O–H groups in total. The van der Waals surface area contributed by atoms with Crippen LogP contribution in [0.2, 0.25) is 0 Å². The summed E-state index contributed by atoms with van der Waals surface area (Å²) in [4.78, 5) is 0. The van der Waals surface area contributed by atoms with E-state index in [0.29, 0.717) is 17.1 Å². The number of H-pyrrole nitrogens is 1. The van der Waals surface area contributed by atoms with E-state index >= 15 is 0 Å². The predicted molar refractivity (Wildman–Crippen MR) is 125 cm³/mol. The van der Waals surface area contributed by atoms with E-state index in [1.54, 1.807) is 12.1 Å². The maximum atomic E-state index is 13.3. The van der Waals surface area contributed by atoms with Crippen LogP contribution >= 0.6 is 0 Å². The van der Waals surface area contributed by atoms with Gasteiger partial charge in [0.15, 0.2) is 0 Å². The smallest absolute Gasteiger partial charge is 0.277 e. The first-order chi connectivity index (χ1) is 17.0. The summed E-state index contributed by atoms with van der Waals surface area (Å²) < 4.78 is 81.1. The van der Waals surface area contributed by atoms with Crippen molar-refractivity contribution in [2.24, 2.45) is 11.8 Å². The molecule has 1 saturated carbocycles. The Morgan fingerprint density at radius 2 is 1.64 bits per heavy atom. The fourth-order valence-electron chi connectivity index (χ4n) is 6.25. The average Bonchev–Trinajstić information content (AvgIpc) is 3.43. The Morgan fingerprint density at radius 1 is 0.972 bits per heavy atom. The van der Waals surface area contributed by atoms with Crippen LogP contribution in [0.3, 0.4) is 0 Å². The van der Waals surface area contributed by atoms with Crippen LogP contribution < -0.4 is 4.72 Å². The number of hydrogen-bond acceptors (Lipinski definition) is 3. The Kier molecular flexibility index (Phi) is 5.33. The van der Waals surface area contributed by atoms with Gasteiger partial charge in [-0.05, 0) is 90.6 Å². The van der Waals surface area contributed by atoms with Crippen LogP contribution in [0, 0.1) is 17.7 Å². The summed E-state index contributed by atoms with van der Waals surface area (Å²) in [5.74, 6) is -0.485. The summed E-state index contributed by atoms with van der Waals surface area (Å²) >= 11 is 0. The normalized spacial score (nSPS) is 27.3. The number of halogens is 4. The van der Waals surface area contributed by atoms with Crippen molar-refractivity contribution >= 4 is 10.2 Å². The number of aromatic amines is 1. The fraction of sp³-hybridized carbons (Fsp3) is 0.400. The van der Waals surface area contributed by atoms with Crippen LogP contribution in [0.4, 0.5) is 17.6 Å². The highest BCUT2D eigenvalue weighted by Crippen LogP contribution is 2.50. The van der Waals surface area contributed by atoms with Crippen LogP contribution in [0.1, 0.15) is 24.0 Å². The van der Waals surface area contributed by atoms with Gasteiger partial charge in [0.2, 0.25) is 0 Å². The van der Waals surface area contributed by atoms with Crippen molar-refractivity contribution in [2.75, 3.05) is 13.1 Å². The van der Waals surface area contributed by atoms with Crippen LogP contribution in [0.5, 0.6) is 0 Å². The highest BCUT2D eigenvalue weighted by molar-refractivity contribution is 7.87. The van der Waals surface area contributed by atoms with Gasteiger partial charge in [-0.15, -0.1) is 0 Å². The summed E-state index contributed by atoms with van der Waals surface area (Å²) in [5, 5.41) is 7.40. The zero-order valence-corrected chi connectivity index (χ0v) is 20.0. The largest absolute Gasteiger partial charge is 0.402 e. The number of hydrogen-bond donors (Lipinski definition) is 2. The van der Waals surface area contributed by atoms with Crippen LogP contribution in [-0.4, -0.2) is 47.7 Å². The second-order valence-corrected chi connectivity index (χ2v) is 11.7. The maximum Gasteiger partial charge on any atom is 0.402 e. The molecule has 2 aliphatic carbocycles. The van der Waals surface area contributed by atoms with Crippen LogP contribution in [0.15, 0.2) is 48.5 Å². The Labute approximate surface area is 205 Å². The monoisotopic (exact) mass is 520 g/mol. The molecule has 6 nitrogen and oxygen atoms in total. The van der Waals surface area contributed by atoms with Crippen molar-refractivity contribution in [3.63, 3.8) is 0 Å². The fourth-order valence-corrected chi connectivity index (χ4v) is 7.96. The van der Waals surface area contributed by atoms with Crippen molar-refractivity contribution < 1.29 is 26.0 Å². The Morgan fingerprint density at radius 3 is 2.33 bits per heavy atom. The van der Waals surface area contributed by atoms with E-state index in [-0.39, 0.29) is 24.2 Å². The summed E-state index contributed by atoms with van der Waals surface area (Å²) in [6.45, 7) is -1.64. The van der Waals surface area contributed by atoms with Gasteiger partial charge in [0.25, 0.3) is 10.2 Å². The van der Waals surface area contributed by atoms with Gasteiger partial charge in [-0.25, -0.2) is 4.39 Å². The minimum absolute atomic E-state index is 0.0712. The molecule has 6 rings (SSSR count). The Balaban J connectivity index is 1.29. The number of aromatic nitrogens is 2. The molecule has 11 heteroatoms. The molecule has 1 aromatic heterocycles. The number of rotatable bonds is 3. The molecule has 3 aromatic rings. The molecule has 2 fully saturated rings. The number of fused-ring (bicyclic) bond motifs is 1. The molecule has 36 heavy (non-hydrogen) atoms.